The van der Waals surface area contributed by atoms with E-state index in [1.54, 1.807) is 0 Å². The van der Waals surface area contributed by atoms with Gasteiger partial charge in [-0.25, -0.2) is 4.79 Å². The van der Waals surface area contributed by atoms with Gasteiger partial charge in [0.05, 0.1) is 6.10 Å². The molecule has 0 aromatic heterocycles. The Hall–Kier alpha value is -2.24. The predicted molar refractivity (Wildman–Crippen MR) is 109 cm³/mol. The van der Waals surface area contributed by atoms with Gasteiger partial charge < -0.3 is 19.9 Å². The standard InChI is InChI=1S/C22H33N3O3/c1-17(2)28-19-6-4-5-18(15-19)16-23-21(27)25-13-10-22(11-14-25)8-7-20(26)24(3)12-9-22/h4-6,15,17H,7-14,16H2,1-3H3,(H,23,27). The molecule has 0 aliphatic carbocycles. The van der Waals surface area contributed by atoms with Crippen LogP contribution in [-0.4, -0.2) is 54.5 Å². The Morgan fingerprint density at radius 3 is 2.61 bits per heavy atom. The van der Waals surface area contributed by atoms with Crippen molar-refractivity contribution in [2.75, 3.05) is 26.7 Å². The Bertz CT molecular complexity index is 696. The molecule has 2 saturated heterocycles. The highest BCUT2D eigenvalue weighted by molar-refractivity contribution is 5.76. The van der Waals surface area contributed by atoms with Gasteiger partial charge in [-0.05, 0) is 62.6 Å². The summed E-state index contributed by atoms with van der Waals surface area (Å²) in [4.78, 5) is 28.3. The van der Waals surface area contributed by atoms with Crippen LogP contribution in [0.1, 0.15) is 51.5 Å². The van der Waals surface area contributed by atoms with Crippen molar-refractivity contribution < 1.29 is 14.3 Å². The molecule has 0 saturated carbocycles. The van der Waals surface area contributed by atoms with Crippen LogP contribution in [0.2, 0.25) is 0 Å². The normalized spacial score (nSPS) is 19.6. The van der Waals surface area contributed by atoms with Crippen LogP contribution in [0.4, 0.5) is 4.79 Å². The number of hydrogen-bond acceptors (Lipinski definition) is 3. The minimum Gasteiger partial charge on any atom is -0.491 e. The van der Waals surface area contributed by atoms with E-state index in [4.69, 9.17) is 4.74 Å². The van der Waals surface area contributed by atoms with E-state index in [0.717, 1.165) is 56.6 Å². The monoisotopic (exact) mass is 387 g/mol. The second-order valence-electron chi connectivity index (χ2n) is 8.53. The number of ether oxygens (including phenoxy) is 1. The van der Waals surface area contributed by atoms with Crippen molar-refractivity contribution in [2.24, 2.45) is 5.41 Å². The third kappa shape index (κ3) is 5.18. The fourth-order valence-corrected chi connectivity index (χ4v) is 4.19. The van der Waals surface area contributed by atoms with E-state index in [-0.39, 0.29) is 23.5 Å². The van der Waals surface area contributed by atoms with Crippen molar-refractivity contribution in [1.82, 2.24) is 15.1 Å². The fraction of sp³-hybridized carbons (Fsp3) is 0.636. The molecule has 0 unspecified atom stereocenters. The van der Waals surface area contributed by atoms with Crippen molar-refractivity contribution in [3.05, 3.63) is 29.8 Å². The molecular weight excluding hydrogens is 354 g/mol. The highest BCUT2D eigenvalue weighted by atomic mass is 16.5. The van der Waals surface area contributed by atoms with Crippen LogP contribution in [-0.2, 0) is 11.3 Å². The molecule has 3 amide bonds. The van der Waals surface area contributed by atoms with E-state index < -0.39 is 0 Å². The summed E-state index contributed by atoms with van der Waals surface area (Å²) in [5.74, 6) is 1.08. The van der Waals surface area contributed by atoms with E-state index in [1.807, 2.05) is 55.0 Å². The van der Waals surface area contributed by atoms with Crippen LogP contribution in [0, 0.1) is 5.41 Å². The maximum absolute atomic E-state index is 12.6. The van der Waals surface area contributed by atoms with Crippen molar-refractivity contribution in [2.45, 2.75) is 58.6 Å². The molecule has 1 spiro atoms. The first-order chi connectivity index (χ1) is 13.4. The summed E-state index contributed by atoms with van der Waals surface area (Å²) in [5, 5.41) is 3.04. The smallest absolute Gasteiger partial charge is 0.317 e. The second kappa shape index (κ2) is 8.84. The van der Waals surface area contributed by atoms with Crippen LogP contribution in [0.3, 0.4) is 0 Å². The fourth-order valence-electron chi connectivity index (χ4n) is 4.19. The number of rotatable bonds is 4. The van der Waals surface area contributed by atoms with Gasteiger partial charge in [0, 0.05) is 39.6 Å². The van der Waals surface area contributed by atoms with E-state index >= 15 is 0 Å². The summed E-state index contributed by atoms with van der Waals surface area (Å²) >= 11 is 0. The number of nitrogens with one attached hydrogen (secondary N) is 1. The van der Waals surface area contributed by atoms with Crippen LogP contribution < -0.4 is 10.1 Å². The second-order valence-corrected chi connectivity index (χ2v) is 8.53. The molecule has 0 atom stereocenters. The average Bonchev–Trinajstić information content (AvgIpc) is 2.81. The summed E-state index contributed by atoms with van der Waals surface area (Å²) in [6, 6.07) is 7.85. The lowest BCUT2D eigenvalue weighted by Crippen LogP contribution is -2.47. The summed E-state index contributed by atoms with van der Waals surface area (Å²) < 4.78 is 5.72. The zero-order chi connectivity index (χ0) is 20.1. The third-order valence-corrected chi connectivity index (χ3v) is 6.10. The van der Waals surface area contributed by atoms with Crippen LogP contribution >= 0.6 is 0 Å². The molecule has 2 aliphatic heterocycles. The minimum absolute atomic E-state index is 0.00755. The summed E-state index contributed by atoms with van der Waals surface area (Å²) in [7, 11) is 1.89. The number of carbonyl (C=O) groups is 2. The van der Waals surface area contributed by atoms with Gasteiger partial charge in [0.2, 0.25) is 5.91 Å². The van der Waals surface area contributed by atoms with Gasteiger partial charge in [-0.3, -0.25) is 4.79 Å². The van der Waals surface area contributed by atoms with Gasteiger partial charge in [-0.1, -0.05) is 12.1 Å². The number of hydrogen-bond donors (Lipinski definition) is 1. The SMILES string of the molecule is CC(C)Oc1cccc(CNC(=O)N2CCC3(CCC(=O)N(C)CC3)CC2)c1. The molecule has 0 bridgehead atoms. The van der Waals surface area contributed by atoms with Gasteiger partial charge in [0.1, 0.15) is 5.75 Å². The zero-order valence-corrected chi connectivity index (χ0v) is 17.4. The quantitative estimate of drug-likeness (QED) is 0.861. The molecule has 3 rings (SSSR count). The molecule has 1 N–H and O–H groups in total. The molecule has 154 valence electrons. The number of urea groups is 1. The van der Waals surface area contributed by atoms with Crippen molar-refractivity contribution in [3.8, 4) is 5.75 Å². The first-order valence-corrected chi connectivity index (χ1v) is 10.4. The summed E-state index contributed by atoms with van der Waals surface area (Å²) in [6.07, 6.45) is 4.74. The lowest BCUT2D eigenvalue weighted by atomic mass is 9.73. The number of nitrogens with zero attached hydrogens (tertiary/aromatic N) is 2. The highest BCUT2D eigenvalue weighted by Crippen LogP contribution is 2.41. The number of carbonyl (C=O) groups excluding carboxylic acids is 2. The maximum Gasteiger partial charge on any atom is 0.317 e. The molecule has 2 heterocycles. The van der Waals surface area contributed by atoms with Crippen LogP contribution in [0.15, 0.2) is 24.3 Å². The summed E-state index contributed by atoms with van der Waals surface area (Å²) in [5.41, 5.74) is 1.25. The molecule has 28 heavy (non-hydrogen) atoms. The van der Waals surface area contributed by atoms with Gasteiger partial charge >= 0.3 is 6.03 Å². The highest BCUT2D eigenvalue weighted by Gasteiger charge is 2.38. The third-order valence-electron chi connectivity index (χ3n) is 6.10. The Kier molecular flexibility index (Phi) is 6.47. The predicted octanol–water partition coefficient (Wildman–Crippen LogP) is 3.41. The van der Waals surface area contributed by atoms with Gasteiger partial charge in [0.25, 0.3) is 0 Å². The minimum atomic E-state index is -0.00755. The first-order valence-electron chi connectivity index (χ1n) is 10.4. The molecule has 1 aromatic rings. The van der Waals surface area contributed by atoms with Crippen molar-refractivity contribution in [1.29, 1.82) is 0 Å². The molecule has 2 fully saturated rings. The first kappa shape index (κ1) is 20.5. The van der Waals surface area contributed by atoms with Crippen molar-refractivity contribution in [3.63, 3.8) is 0 Å². The molecular formula is C22H33N3O3. The molecule has 1 aromatic carbocycles. The topological polar surface area (TPSA) is 61.9 Å². The number of piperidine rings is 1. The Morgan fingerprint density at radius 1 is 1.18 bits per heavy atom. The maximum atomic E-state index is 12.6. The Morgan fingerprint density at radius 2 is 1.89 bits per heavy atom. The van der Waals surface area contributed by atoms with Gasteiger partial charge in [-0.2, -0.15) is 0 Å². The number of likely N-dealkylation sites (tertiary alicyclic amines) is 2. The van der Waals surface area contributed by atoms with E-state index in [2.05, 4.69) is 5.32 Å². The number of amides is 3. The van der Waals surface area contributed by atoms with Crippen LogP contribution in [0.5, 0.6) is 5.75 Å². The summed E-state index contributed by atoms with van der Waals surface area (Å²) in [6.45, 7) is 6.86. The Labute approximate surface area is 168 Å². The van der Waals surface area contributed by atoms with Crippen LogP contribution in [0.25, 0.3) is 0 Å². The van der Waals surface area contributed by atoms with Gasteiger partial charge in [0.15, 0.2) is 0 Å². The van der Waals surface area contributed by atoms with E-state index in [9.17, 15) is 9.59 Å². The van der Waals surface area contributed by atoms with E-state index in [1.165, 1.54) is 0 Å². The lowest BCUT2D eigenvalue weighted by molar-refractivity contribution is -0.129. The van der Waals surface area contributed by atoms with E-state index in [0.29, 0.717) is 13.0 Å². The lowest BCUT2D eigenvalue weighted by Gasteiger charge is -2.41. The van der Waals surface area contributed by atoms with Crippen molar-refractivity contribution >= 4 is 11.9 Å². The Balaban J connectivity index is 1.48. The molecule has 6 nitrogen and oxygen atoms in total. The number of benzene rings is 1. The molecule has 0 radical (unpaired) electrons. The molecule has 6 heteroatoms. The molecule has 2 aliphatic rings. The van der Waals surface area contributed by atoms with Gasteiger partial charge in [-0.15, -0.1) is 0 Å². The zero-order valence-electron chi connectivity index (χ0n) is 17.4. The average molecular weight is 388 g/mol. The largest absolute Gasteiger partial charge is 0.491 e.